The molecule has 0 radical (unpaired) electrons. The van der Waals surface area contributed by atoms with Crippen LogP contribution in [0.15, 0.2) is 54.6 Å². The normalized spacial score (nSPS) is 10.2. The van der Waals surface area contributed by atoms with Crippen LogP contribution in [0.4, 0.5) is 0 Å². The van der Waals surface area contributed by atoms with Gasteiger partial charge in [-0.3, -0.25) is 0 Å². The van der Waals surface area contributed by atoms with Gasteiger partial charge in [-0.1, -0.05) is 18.2 Å². The quantitative estimate of drug-likeness (QED) is 0.693. The lowest BCUT2D eigenvalue weighted by Crippen LogP contribution is -1.89. The van der Waals surface area contributed by atoms with Crippen LogP contribution in [-0.4, -0.2) is 4.98 Å². The fourth-order valence-electron chi connectivity index (χ4n) is 2.02. The van der Waals surface area contributed by atoms with Gasteiger partial charge in [-0.2, -0.15) is 5.26 Å². The summed E-state index contributed by atoms with van der Waals surface area (Å²) in [7, 11) is 0. The SMILES string of the molecule is Cc1ccc2cccc(Oc3ccc(C#N)cc3)c2n1. The van der Waals surface area contributed by atoms with Crippen LogP contribution in [0.2, 0.25) is 0 Å². The maximum Gasteiger partial charge on any atom is 0.153 e. The zero-order valence-electron chi connectivity index (χ0n) is 11.0. The highest BCUT2D eigenvalue weighted by Gasteiger charge is 2.05. The summed E-state index contributed by atoms with van der Waals surface area (Å²) in [5.41, 5.74) is 2.41. The van der Waals surface area contributed by atoms with Crippen LogP contribution in [0, 0.1) is 18.3 Å². The smallest absolute Gasteiger partial charge is 0.153 e. The van der Waals surface area contributed by atoms with Crippen LogP contribution in [0.1, 0.15) is 11.3 Å². The molecule has 0 saturated heterocycles. The number of fused-ring (bicyclic) bond motifs is 1. The lowest BCUT2D eigenvalue weighted by Gasteiger charge is -2.08. The van der Waals surface area contributed by atoms with Crippen LogP contribution in [-0.2, 0) is 0 Å². The van der Waals surface area contributed by atoms with Crippen molar-refractivity contribution in [1.82, 2.24) is 4.98 Å². The predicted molar refractivity (Wildman–Crippen MR) is 77.7 cm³/mol. The summed E-state index contributed by atoms with van der Waals surface area (Å²) >= 11 is 0. The Bertz CT molecular complexity index is 801. The highest BCUT2D eigenvalue weighted by molar-refractivity contribution is 5.84. The predicted octanol–water partition coefficient (Wildman–Crippen LogP) is 4.21. The van der Waals surface area contributed by atoms with Crippen molar-refractivity contribution in [2.75, 3.05) is 0 Å². The van der Waals surface area contributed by atoms with Gasteiger partial charge in [-0.25, -0.2) is 4.98 Å². The molecule has 96 valence electrons. The second kappa shape index (κ2) is 5.02. The molecule has 0 saturated carbocycles. The fraction of sp³-hybridized carbons (Fsp3) is 0.0588. The van der Waals surface area contributed by atoms with Gasteiger partial charge in [0.2, 0.25) is 0 Å². The van der Waals surface area contributed by atoms with E-state index in [0.717, 1.165) is 22.3 Å². The van der Waals surface area contributed by atoms with Crippen molar-refractivity contribution in [3.63, 3.8) is 0 Å². The number of benzene rings is 2. The lowest BCUT2D eigenvalue weighted by atomic mass is 10.2. The van der Waals surface area contributed by atoms with Gasteiger partial charge in [0.15, 0.2) is 5.75 Å². The molecular formula is C17H12N2O. The van der Waals surface area contributed by atoms with Crippen LogP contribution < -0.4 is 4.74 Å². The number of aryl methyl sites for hydroxylation is 1. The zero-order valence-corrected chi connectivity index (χ0v) is 11.0. The summed E-state index contributed by atoms with van der Waals surface area (Å²) in [4.78, 5) is 4.53. The van der Waals surface area contributed by atoms with Gasteiger partial charge in [-0.05, 0) is 43.3 Å². The van der Waals surface area contributed by atoms with Crippen LogP contribution in [0.3, 0.4) is 0 Å². The summed E-state index contributed by atoms with van der Waals surface area (Å²) in [5.74, 6) is 1.41. The van der Waals surface area contributed by atoms with Gasteiger partial charge in [0, 0.05) is 11.1 Å². The Morgan fingerprint density at radius 3 is 2.55 bits per heavy atom. The molecule has 3 nitrogen and oxygen atoms in total. The van der Waals surface area contributed by atoms with Gasteiger partial charge in [-0.15, -0.1) is 0 Å². The maximum absolute atomic E-state index is 8.79. The third kappa shape index (κ3) is 2.32. The standard InChI is InChI=1S/C17H12N2O/c1-12-5-8-14-3-2-4-16(17(14)19-12)20-15-9-6-13(11-18)7-10-15/h2-10H,1H3. The Morgan fingerprint density at radius 1 is 1.00 bits per heavy atom. The van der Waals surface area contributed by atoms with Crippen molar-refractivity contribution >= 4 is 10.9 Å². The van der Waals surface area contributed by atoms with Crippen LogP contribution in [0.25, 0.3) is 10.9 Å². The average molecular weight is 260 g/mol. The van der Waals surface area contributed by atoms with Crippen molar-refractivity contribution < 1.29 is 4.74 Å². The second-order valence-corrected chi connectivity index (χ2v) is 4.52. The lowest BCUT2D eigenvalue weighted by molar-refractivity contribution is 0.487. The molecule has 0 amide bonds. The van der Waals surface area contributed by atoms with Crippen molar-refractivity contribution in [3.8, 4) is 17.6 Å². The Kier molecular flexibility index (Phi) is 3.06. The first-order valence-corrected chi connectivity index (χ1v) is 6.31. The van der Waals surface area contributed by atoms with E-state index >= 15 is 0 Å². The molecule has 3 rings (SSSR count). The van der Waals surface area contributed by atoms with E-state index in [4.69, 9.17) is 10.00 Å². The number of aromatic nitrogens is 1. The molecule has 1 aromatic heterocycles. The van der Waals surface area contributed by atoms with Crippen molar-refractivity contribution in [1.29, 1.82) is 5.26 Å². The Labute approximate surface area is 117 Å². The molecule has 0 fully saturated rings. The Morgan fingerprint density at radius 2 is 1.80 bits per heavy atom. The second-order valence-electron chi connectivity index (χ2n) is 4.52. The maximum atomic E-state index is 8.79. The fourth-order valence-corrected chi connectivity index (χ4v) is 2.02. The summed E-state index contributed by atoms with van der Waals surface area (Å²) in [5, 5.41) is 9.83. The minimum atomic E-state index is 0.615. The van der Waals surface area contributed by atoms with E-state index in [2.05, 4.69) is 11.1 Å². The first kappa shape index (κ1) is 12.2. The Hall–Kier alpha value is -2.86. The first-order valence-electron chi connectivity index (χ1n) is 6.31. The number of para-hydroxylation sites is 1. The van der Waals surface area contributed by atoms with E-state index in [0.29, 0.717) is 11.3 Å². The minimum Gasteiger partial charge on any atom is -0.455 e. The van der Waals surface area contributed by atoms with E-state index < -0.39 is 0 Å². The average Bonchev–Trinajstić information content (AvgIpc) is 2.49. The summed E-state index contributed by atoms with van der Waals surface area (Å²) in [6.07, 6.45) is 0. The third-order valence-electron chi connectivity index (χ3n) is 3.03. The van der Waals surface area contributed by atoms with Gasteiger partial charge in [0.25, 0.3) is 0 Å². The third-order valence-corrected chi connectivity index (χ3v) is 3.03. The minimum absolute atomic E-state index is 0.615. The van der Waals surface area contributed by atoms with Crippen LogP contribution >= 0.6 is 0 Å². The molecule has 0 unspecified atom stereocenters. The van der Waals surface area contributed by atoms with Gasteiger partial charge in [0.1, 0.15) is 11.3 Å². The number of nitrogens with zero attached hydrogens (tertiary/aromatic N) is 2. The number of ether oxygens (including phenoxy) is 1. The van der Waals surface area contributed by atoms with E-state index in [-0.39, 0.29) is 0 Å². The molecule has 0 bridgehead atoms. The van der Waals surface area contributed by atoms with E-state index in [1.807, 2.05) is 37.3 Å². The molecule has 0 N–H and O–H groups in total. The number of rotatable bonds is 2. The van der Waals surface area contributed by atoms with Gasteiger partial charge >= 0.3 is 0 Å². The largest absolute Gasteiger partial charge is 0.455 e. The molecular weight excluding hydrogens is 248 g/mol. The number of nitriles is 1. The molecule has 0 aliphatic carbocycles. The summed E-state index contributed by atoms with van der Waals surface area (Å²) < 4.78 is 5.87. The van der Waals surface area contributed by atoms with Crippen molar-refractivity contribution in [3.05, 3.63) is 65.9 Å². The van der Waals surface area contributed by atoms with Crippen LogP contribution in [0.5, 0.6) is 11.5 Å². The highest BCUT2D eigenvalue weighted by Crippen LogP contribution is 2.28. The summed E-state index contributed by atoms with van der Waals surface area (Å²) in [6.45, 7) is 1.96. The van der Waals surface area contributed by atoms with E-state index in [9.17, 15) is 0 Å². The molecule has 0 aliphatic rings. The van der Waals surface area contributed by atoms with Crippen molar-refractivity contribution in [2.45, 2.75) is 6.92 Å². The topological polar surface area (TPSA) is 45.9 Å². The summed E-state index contributed by atoms with van der Waals surface area (Å²) in [6, 6.07) is 19.0. The number of hydrogen-bond donors (Lipinski definition) is 0. The number of hydrogen-bond acceptors (Lipinski definition) is 3. The Balaban J connectivity index is 2.01. The van der Waals surface area contributed by atoms with Gasteiger partial charge in [0.05, 0.1) is 11.6 Å². The molecule has 3 heteroatoms. The first-order chi connectivity index (χ1) is 9.76. The monoisotopic (exact) mass is 260 g/mol. The van der Waals surface area contributed by atoms with E-state index in [1.165, 1.54) is 0 Å². The zero-order chi connectivity index (χ0) is 13.9. The van der Waals surface area contributed by atoms with E-state index in [1.54, 1.807) is 24.3 Å². The van der Waals surface area contributed by atoms with Gasteiger partial charge < -0.3 is 4.74 Å². The molecule has 20 heavy (non-hydrogen) atoms. The molecule has 3 aromatic rings. The highest BCUT2D eigenvalue weighted by atomic mass is 16.5. The molecule has 2 aromatic carbocycles. The van der Waals surface area contributed by atoms with Crippen molar-refractivity contribution in [2.24, 2.45) is 0 Å². The molecule has 1 heterocycles. The molecule has 0 spiro atoms. The molecule has 0 aliphatic heterocycles. The number of pyridine rings is 1. The molecule has 0 atom stereocenters.